The maximum absolute atomic E-state index is 12.9. The highest BCUT2D eigenvalue weighted by atomic mass is 32.1. The first-order valence-electron chi connectivity index (χ1n) is 11.0. The number of nitrogens with one attached hydrogen (secondary N) is 2. The van der Waals surface area contributed by atoms with E-state index >= 15 is 0 Å². The lowest BCUT2D eigenvalue weighted by atomic mass is 10.1. The van der Waals surface area contributed by atoms with Crippen LogP contribution in [0.5, 0.6) is 0 Å². The smallest absolute Gasteiger partial charge is 0.259 e. The average Bonchev–Trinajstić information content (AvgIpc) is 3.44. The van der Waals surface area contributed by atoms with Crippen LogP contribution in [0.4, 0.5) is 21.8 Å². The van der Waals surface area contributed by atoms with Crippen molar-refractivity contribution in [3.05, 3.63) is 48.2 Å². The van der Waals surface area contributed by atoms with Crippen molar-refractivity contribution in [2.24, 2.45) is 0 Å². The molecule has 2 aromatic heterocycles. The van der Waals surface area contributed by atoms with Gasteiger partial charge in [-0.25, -0.2) is 0 Å². The zero-order valence-corrected chi connectivity index (χ0v) is 19.2. The Morgan fingerprint density at radius 1 is 1.12 bits per heavy atom. The fourth-order valence-electron chi connectivity index (χ4n) is 4.08. The van der Waals surface area contributed by atoms with Crippen molar-refractivity contribution in [1.29, 1.82) is 0 Å². The monoisotopic (exact) mass is 466 g/mol. The molecule has 0 saturated carbocycles. The van der Waals surface area contributed by atoms with E-state index in [1.807, 2.05) is 30.3 Å². The molecule has 0 unspecified atom stereocenters. The van der Waals surface area contributed by atoms with Crippen molar-refractivity contribution < 1.29 is 9.53 Å². The number of carbonyl (C=O) groups is 1. The zero-order valence-electron chi connectivity index (χ0n) is 18.3. The highest BCUT2D eigenvalue weighted by molar-refractivity contribution is 7.19. The molecule has 2 saturated heterocycles. The SMILES string of the molecule is CO[C@@H](C(=O)Nc1nnc(N[C@@H]2CCN(c3cccnn3)C2)s1)c1cccc(N2CCC2)c1. The zero-order chi connectivity index (χ0) is 22.6. The minimum Gasteiger partial charge on any atom is -0.371 e. The second-order valence-corrected chi connectivity index (χ2v) is 9.09. The van der Waals surface area contributed by atoms with Gasteiger partial charge in [0.1, 0.15) is 0 Å². The van der Waals surface area contributed by atoms with Crippen LogP contribution in [-0.4, -0.2) is 65.6 Å². The number of hydrogen-bond acceptors (Lipinski definition) is 10. The molecule has 2 aliphatic heterocycles. The van der Waals surface area contributed by atoms with Gasteiger partial charge < -0.3 is 19.9 Å². The van der Waals surface area contributed by atoms with Gasteiger partial charge in [-0.2, -0.15) is 5.10 Å². The quantitative estimate of drug-likeness (QED) is 0.518. The summed E-state index contributed by atoms with van der Waals surface area (Å²) in [5.41, 5.74) is 1.93. The molecular formula is C22H26N8O2S. The molecule has 0 spiro atoms. The third-order valence-electron chi connectivity index (χ3n) is 5.92. The average molecular weight is 467 g/mol. The van der Waals surface area contributed by atoms with E-state index in [-0.39, 0.29) is 11.9 Å². The Hall–Kier alpha value is -3.31. The van der Waals surface area contributed by atoms with E-state index in [1.165, 1.54) is 24.9 Å². The van der Waals surface area contributed by atoms with Crippen molar-refractivity contribution in [2.45, 2.75) is 25.0 Å². The van der Waals surface area contributed by atoms with Gasteiger partial charge in [0.25, 0.3) is 5.91 Å². The number of rotatable bonds is 8. The molecule has 10 nitrogen and oxygen atoms in total. The van der Waals surface area contributed by atoms with Gasteiger partial charge in [0.2, 0.25) is 10.3 Å². The molecular weight excluding hydrogens is 440 g/mol. The van der Waals surface area contributed by atoms with Gasteiger partial charge in [0, 0.05) is 51.2 Å². The van der Waals surface area contributed by atoms with Crippen LogP contribution in [0.15, 0.2) is 42.6 Å². The minimum atomic E-state index is -0.720. The van der Waals surface area contributed by atoms with Gasteiger partial charge in [-0.3, -0.25) is 10.1 Å². The second-order valence-electron chi connectivity index (χ2n) is 8.11. The Kier molecular flexibility index (Phi) is 6.31. The van der Waals surface area contributed by atoms with Gasteiger partial charge in [0.15, 0.2) is 11.9 Å². The Morgan fingerprint density at radius 3 is 2.76 bits per heavy atom. The molecule has 0 radical (unpaired) electrons. The lowest BCUT2D eigenvalue weighted by Gasteiger charge is -2.33. The summed E-state index contributed by atoms with van der Waals surface area (Å²) in [6, 6.07) is 12.0. The number of benzene rings is 1. The van der Waals surface area contributed by atoms with Crippen molar-refractivity contribution in [3.63, 3.8) is 0 Å². The minimum absolute atomic E-state index is 0.222. The summed E-state index contributed by atoms with van der Waals surface area (Å²) in [6.07, 6.45) is 3.10. The summed E-state index contributed by atoms with van der Waals surface area (Å²) in [5.74, 6) is 0.603. The second kappa shape index (κ2) is 9.67. The van der Waals surface area contributed by atoms with Gasteiger partial charge in [-0.1, -0.05) is 23.5 Å². The highest BCUT2D eigenvalue weighted by Crippen LogP contribution is 2.28. The summed E-state index contributed by atoms with van der Waals surface area (Å²) < 4.78 is 5.52. The molecule has 2 N–H and O–H groups in total. The molecule has 2 fully saturated rings. The molecule has 2 atom stereocenters. The Morgan fingerprint density at radius 2 is 2.00 bits per heavy atom. The first-order chi connectivity index (χ1) is 16.2. The Labute approximate surface area is 196 Å². The number of carbonyl (C=O) groups excluding carboxylic acids is 1. The number of nitrogens with zero attached hydrogens (tertiary/aromatic N) is 6. The van der Waals surface area contributed by atoms with Crippen LogP contribution >= 0.6 is 11.3 Å². The topological polar surface area (TPSA) is 108 Å². The van der Waals surface area contributed by atoms with Gasteiger partial charge in [-0.15, -0.1) is 15.3 Å². The standard InChI is InChI=1S/C22H26N8O2S/c1-32-19(15-5-2-6-17(13-15)29-10-4-11-29)20(31)25-22-28-27-21(33-22)24-16-8-12-30(14-16)18-7-3-9-23-26-18/h2-3,5-7,9,13,16,19H,4,8,10-12,14H2,1H3,(H,24,27)(H,25,28,31)/t16-,19-/m1/s1. The van der Waals surface area contributed by atoms with Crippen LogP contribution in [-0.2, 0) is 9.53 Å². The largest absolute Gasteiger partial charge is 0.371 e. The predicted octanol–water partition coefficient (Wildman–Crippen LogP) is 2.56. The molecule has 0 aliphatic carbocycles. The first-order valence-corrected chi connectivity index (χ1v) is 11.8. The van der Waals surface area contributed by atoms with Crippen LogP contribution in [0, 0.1) is 0 Å². The summed E-state index contributed by atoms with van der Waals surface area (Å²) >= 11 is 1.31. The van der Waals surface area contributed by atoms with Crippen molar-refractivity contribution in [3.8, 4) is 0 Å². The van der Waals surface area contributed by atoms with E-state index in [0.717, 1.165) is 49.7 Å². The van der Waals surface area contributed by atoms with E-state index in [2.05, 4.69) is 46.9 Å². The maximum Gasteiger partial charge on any atom is 0.259 e. The summed E-state index contributed by atoms with van der Waals surface area (Å²) in [5, 5.41) is 23.8. The summed E-state index contributed by atoms with van der Waals surface area (Å²) in [7, 11) is 1.54. The van der Waals surface area contributed by atoms with E-state index < -0.39 is 6.10 Å². The number of amides is 1. The van der Waals surface area contributed by atoms with Gasteiger partial charge in [0.05, 0.1) is 0 Å². The molecule has 3 aromatic rings. The predicted molar refractivity (Wildman–Crippen MR) is 128 cm³/mol. The molecule has 2 aliphatic rings. The molecule has 11 heteroatoms. The maximum atomic E-state index is 12.9. The third kappa shape index (κ3) is 4.88. The number of aromatic nitrogens is 4. The van der Waals surface area contributed by atoms with Crippen LogP contribution in [0.1, 0.15) is 24.5 Å². The third-order valence-corrected chi connectivity index (χ3v) is 6.69. The highest BCUT2D eigenvalue weighted by Gasteiger charge is 2.26. The molecule has 5 rings (SSSR count). The number of hydrogen-bond donors (Lipinski definition) is 2. The molecule has 0 bridgehead atoms. The number of anilines is 4. The van der Waals surface area contributed by atoms with E-state index in [4.69, 9.17) is 4.74 Å². The van der Waals surface area contributed by atoms with Crippen LogP contribution in [0.2, 0.25) is 0 Å². The van der Waals surface area contributed by atoms with E-state index in [9.17, 15) is 4.79 Å². The fourth-order valence-corrected chi connectivity index (χ4v) is 4.80. The fraction of sp³-hybridized carbons (Fsp3) is 0.409. The lowest BCUT2D eigenvalue weighted by molar-refractivity contribution is -0.126. The van der Waals surface area contributed by atoms with Crippen LogP contribution in [0.3, 0.4) is 0 Å². The van der Waals surface area contributed by atoms with E-state index in [1.54, 1.807) is 6.20 Å². The van der Waals surface area contributed by atoms with Crippen molar-refractivity contribution in [2.75, 3.05) is 53.7 Å². The van der Waals surface area contributed by atoms with Gasteiger partial charge in [-0.05, 0) is 42.7 Å². The molecule has 1 aromatic carbocycles. The first kappa shape index (κ1) is 21.5. The van der Waals surface area contributed by atoms with Crippen LogP contribution < -0.4 is 20.4 Å². The molecule has 172 valence electrons. The lowest BCUT2D eigenvalue weighted by Crippen LogP contribution is -2.37. The van der Waals surface area contributed by atoms with E-state index in [0.29, 0.717) is 10.3 Å². The Balaban J connectivity index is 1.18. The van der Waals surface area contributed by atoms with Crippen LogP contribution in [0.25, 0.3) is 0 Å². The Bertz CT molecular complexity index is 1090. The normalized spacial score (nSPS) is 18.6. The molecule has 4 heterocycles. The van der Waals surface area contributed by atoms with Gasteiger partial charge >= 0.3 is 0 Å². The molecule has 33 heavy (non-hydrogen) atoms. The number of ether oxygens (including phenoxy) is 1. The van der Waals surface area contributed by atoms with Crippen molar-refractivity contribution in [1.82, 2.24) is 20.4 Å². The number of methoxy groups -OCH3 is 1. The van der Waals surface area contributed by atoms with Crippen molar-refractivity contribution >= 4 is 39.0 Å². The molecule has 1 amide bonds. The summed E-state index contributed by atoms with van der Waals surface area (Å²) in [4.78, 5) is 17.4. The summed E-state index contributed by atoms with van der Waals surface area (Å²) in [6.45, 7) is 3.79.